The number of nitrogens with two attached hydrogens (primary N) is 1. The maximum absolute atomic E-state index is 12.1. The molecule has 2 heterocycles. The number of aliphatic imine (C=N–C) groups is 1. The Hall–Kier alpha value is -2.62. The maximum Gasteiger partial charge on any atom is 0.184 e. The summed E-state index contributed by atoms with van der Waals surface area (Å²) in [5, 5.41) is 0. The molecule has 0 spiro atoms. The summed E-state index contributed by atoms with van der Waals surface area (Å²) in [6.45, 7) is 2.35. The van der Waals surface area contributed by atoms with Crippen LogP contribution in [0.1, 0.15) is 47.2 Å². The number of hydrogen-bond donors (Lipinski definition) is 1. The zero-order chi connectivity index (χ0) is 17.2. The molecule has 4 rings (SSSR count). The van der Waals surface area contributed by atoms with Crippen molar-refractivity contribution in [2.75, 3.05) is 30.3 Å². The molecule has 1 fully saturated rings. The van der Waals surface area contributed by atoms with Crippen LogP contribution >= 0.6 is 0 Å². The standard InChI is InChI=1S/C21H23N3O/c22-18-13-15(9-10-19(18)24-11-5-1-2-6-12-24)21-17-8-4-3-7-16(17)20(25)14-23-21/h3-4,7-10,13H,1-2,5-6,11-12,14,22H2. The first-order valence-corrected chi connectivity index (χ1v) is 9.06. The first kappa shape index (κ1) is 15.9. The Kier molecular flexibility index (Phi) is 4.26. The van der Waals surface area contributed by atoms with E-state index in [9.17, 15) is 4.79 Å². The molecular weight excluding hydrogens is 310 g/mol. The third-order valence-corrected chi connectivity index (χ3v) is 5.11. The summed E-state index contributed by atoms with van der Waals surface area (Å²) in [5.74, 6) is 0.0773. The highest BCUT2D eigenvalue weighted by Gasteiger charge is 2.22. The van der Waals surface area contributed by atoms with Crippen LogP contribution in [0.5, 0.6) is 0 Å². The first-order valence-electron chi connectivity index (χ1n) is 9.06. The molecule has 2 aliphatic heterocycles. The van der Waals surface area contributed by atoms with Gasteiger partial charge in [-0.25, -0.2) is 0 Å². The Balaban J connectivity index is 1.68. The zero-order valence-electron chi connectivity index (χ0n) is 14.4. The van der Waals surface area contributed by atoms with Gasteiger partial charge in [-0.3, -0.25) is 9.79 Å². The van der Waals surface area contributed by atoms with Gasteiger partial charge in [0.1, 0.15) is 6.54 Å². The van der Waals surface area contributed by atoms with E-state index in [0.717, 1.165) is 46.9 Å². The number of nitrogen functional groups attached to an aromatic ring is 1. The van der Waals surface area contributed by atoms with Gasteiger partial charge in [0, 0.05) is 29.8 Å². The maximum atomic E-state index is 12.1. The monoisotopic (exact) mass is 333 g/mol. The number of carbonyl (C=O) groups excluding carboxylic acids is 1. The van der Waals surface area contributed by atoms with E-state index < -0.39 is 0 Å². The molecule has 0 atom stereocenters. The predicted molar refractivity (Wildman–Crippen MR) is 103 cm³/mol. The number of nitrogens with zero attached hydrogens (tertiary/aromatic N) is 2. The van der Waals surface area contributed by atoms with E-state index in [1.54, 1.807) is 0 Å². The highest BCUT2D eigenvalue weighted by molar-refractivity contribution is 6.22. The lowest BCUT2D eigenvalue weighted by atomic mass is 9.92. The highest BCUT2D eigenvalue weighted by Crippen LogP contribution is 2.29. The molecule has 128 valence electrons. The number of ketones is 1. The SMILES string of the molecule is Nc1cc(C2=NCC(=O)c3ccccc32)ccc1N1CCCCCC1. The van der Waals surface area contributed by atoms with E-state index in [4.69, 9.17) is 5.73 Å². The van der Waals surface area contributed by atoms with Crippen molar-refractivity contribution in [1.82, 2.24) is 0 Å². The van der Waals surface area contributed by atoms with Crippen LogP contribution in [-0.2, 0) is 0 Å². The minimum atomic E-state index is 0.0773. The number of hydrogen-bond acceptors (Lipinski definition) is 4. The number of anilines is 2. The van der Waals surface area contributed by atoms with Gasteiger partial charge in [0.25, 0.3) is 0 Å². The molecule has 2 aliphatic rings. The van der Waals surface area contributed by atoms with Crippen LogP contribution in [0.4, 0.5) is 11.4 Å². The molecule has 0 unspecified atom stereocenters. The van der Waals surface area contributed by atoms with E-state index in [0.29, 0.717) is 0 Å². The van der Waals surface area contributed by atoms with Gasteiger partial charge in [-0.15, -0.1) is 0 Å². The van der Waals surface area contributed by atoms with Crippen molar-refractivity contribution in [2.45, 2.75) is 25.7 Å². The summed E-state index contributed by atoms with van der Waals surface area (Å²) in [5.41, 5.74) is 11.8. The molecule has 4 nitrogen and oxygen atoms in total. The molecule has 0 aromatic heterocycles. The molecule has 0 radical (unpaired) electrons. The summed E-state index contributed by atoms with van der Waals surface area (Å²) < 4.78 is 0. The Morgan fingerprint density at radius 1 is 0.920 bits per heavy atom. The summed E-state index contributed by atoms with van der Waals surface area (Å²) >= 11 is 0. The van der Waals surface area contributed by atoms with Crippen LogP contribution in [0.2, 0.25) is 0 Å². The molecule has 0 saturated carbocycles. The van der Waals surface area contributed by atoms with Gasteiger partial charge >= 0.3 is 0 Å². The summed E-state index contributed by atoms with van der Waals surface area (Å²) in [6.07, 6.45) is 5.05. The average molecular weight is 333 g/mol. The first-order chi connectivity index (χ1) is 12.2. The lowest BCUT2D eigenvalue weighted by molar-refractivity contribution is 0.1000. The quantitative estimate of drug-likeness (QED) is 0.853. The van der Waals surface area contributed by atoms with Gasteiger partial charge < -0.3 is 10.6 Å². The Morgan fingerprint density at radius 3 is 2.36 bits per heavy atom. The molecule has 0 bridgehead atoms. The van der Waals surface area contributed by atoms with Crippen LogP contribution in [0.25, 0.3) is 0 Å². The normalized spacial score (nSPS) is 17.7. The van der Waals surface area contributed by atoms with E-state index >= 15 is 0 Å². The minimum Gasteiger partial charge on any atom is -0.397 e. The fourth-order valence-electron chi connectivity index (χ4n) is 3.80. The number of rotatable bonds is 2. The third-order valence-electron chi connectivity index (χ3n) is 5.11. The number of carbonyl (C=O) groups is 1. The van der Waals surface area contributed by atoms with Gasteiger partial charge in [-0.05, 0) is 25.0 Å². The Morgan fingerprint density at radius 2 is 1.64 bits per heavy atom. The van der Waals surface area contributed by atoms with Crippen molar-refractivity contribution in [1.29, 1.82) is 0 Å². The lowest BCUT2D eigenvalue weighted by Gasteiger charge is -2.25. The zero-order valence-corrected chi connectivity index (χ0v) is 14.4. The summed E-state index contributed by atoms with van der Waals surface area (Å²) in [4.78, 5) is 19.0. The van der Waals surface area contributed by atoms with Crippen LogP contribution in [0, 0.1) is 0 Å². The van der Waals surface area contributed by atoms with Crippen LogP contribution in [0.3, 0.4) is 0 Å². The van der Waals surface area contributed by atoms with Crippen molar-refractivity contribution >= 4 is 22.9 Å². The second-order valence-electron chi connectivity index (χ2n) is 6.81. The van der Waals surface area contributed by atoms with Gasteiger partial charge in [0.05, 0.1) is 17.1 Å². The average Bonchev–Trinajstić information content (AvgIpc) is 2.91. The molecule has 2 aromatic rings. The molecular formula is C21H23N3O. The number of benzene rings is 2. The number of fused-ring (bicyclic) bond motifs is 1. The van der Waals surface area contributed by atoms with E-state index in [-0.39, 0.29) is 12.3 Å². The van der Waals surface area contributed by atoms with Crippen molar-refractivity contribution in [3.05, 3.63) is 59.2 Å². The molecule has 25 heavy (non-hydrogen) atoms. The molecule has 4 heteroatoms. The predicted octanol–water partition coefficient (Wildman–Crippen LogP) is 3.68. The van der Waals surface area contributed by atoms with Crippen LogP contribution < -0.4 is 10.6 Å². The number of Topliss-reactive ketones (excluding diaryl/α,β-unsaturated/α-hetero) is 1. The van der Waals surface area contributed by atoms with Crippen LogP contribution in [-0.4, -0.2) is 31.1 Å². The van der Waals surface area contributed by atoms with Crippen molar-refractivity contribution < 1.29 is 4.79 Å². The molecule has 0 aliphatic carbocycles. The van der Waals surface area contributed by atoms with Gasteiger partial charge in [-0.1, -0.05) is 43.2 Å². The topological polar surface area (TPSA) is 58.7 Å². The van der Waals surface area contributed by atoms with Gasteiger partial charge in [0.15, 0.2) is 5.78 Å². The van der Waals surface area contributed by atoms with E-state index in [2.05, 4.69) is 22.0 Å². The van der Waals surface area contributed by atoms with Crippen LogP contribution in [0.15, 0.2) is 47.5 Å². The Labute approximate surface area is 148 Å². The second kappa shape index (κ2) is 6.71. The second-order valence-corrected chi connectivity index (χ2v) is 6.81. The third kappa shape index (κ3) is 3.04. The van der Waals surface area contributed by atoms with Gasteiger partial charge in [0.2, 0.25) is 0 Å². The van der Waals surface area contributed by atoms with E-state index in [1.165, 1.54) is 25.7 Å². The lowest BCUT2D eigenvalue weighted by Crippen LogP contribution is -2.25. The summed E-state index contributed by atoms with van der Waals surface area (Å²) in [7, 11) is 0. The molecule has 2 N–H and O–H groups in total. The minimum absolute atomic E-state index is 0.0773. The van der Waals surface area contributed by atoms with Crippen molar-refractivity contribution in [3.8, 4) is 0 Å². The smallest absolute Gasteiger partial charge is 0.184 e. The van der Waals surface area contributed by atoms with Crippen molar-refractivity contribution in [2.24, 2.45) is 4.99 Å². The fourth-order valence-corrected chi connectivity index (χ4v) is 3.80. The fraction of sp³-hybridized carbons (Fsp3) is 0.333. The molecule has 1 saturated heterocycles. The van der Waals surface area contributed by atoms with E-state index in [1.807, 2.05) is 30.3 Å². The Bertz CT molecular complexity index is 833. The largest absolute Gasteiger partial charge is 0.397 e. The molecule has 2 aromatic carbocycles. The summed E-state index contributed by atoms with van der Waals surface area (Å²) in [6, 6.07) is 13.9. The van der Waals surface area contributed by atoms with Crippen molar-refractivity contribution in [3.63, 3.8) is 0 Å². The van der Waals surface area contributed by atoms with Gasteiger partial charge in [-0.2, -0.15) is 0 Å². The molecule has 0 amide bonds. The highest BCUT2D eigenvalue weighted by atomic mass is 16.1.